The quantitative estimate of drug-likeness (QED) is 0.377. The lowest BCUT2D eigenvalue weighted by Crippen LogP contribution is -2.38. The van der Waals surface area contributed by atoms with Crippen molar-refractivity contribution >= 4 is 29.3 Å². The Morgan fingerprint density at radius 3 is 2.52 bits per heavy atom. The molecule has 0 spiro atoms. The maximum Gasteiger partial charge on any atom is 0.250 e. The van der Waals surface area contributed by atoms with E-state index in [0.717, 1.165) is 18.5 Å². The van der Waals surface area contributed by atoms with Crippen molar-refractivity contribution in [2.24, 2.45) is 0 Å². The maximum atomic E-state index is 11.9. The summed E-state index contributed by atoms with van der Waals surface area (Å²) in [6.07, 6.45) is 9.11. The fourth-order valence-corrected chi connectivity index (χ4v) is 2.46. The topological polar surface area (TPSA) is 59.6 Å². The van der Waals surface area contributed by atoms with Gasteiger partial charge < -0.3 is 14.8 Å². The number of ether oxygens (including phenoxy) is 2. The number of benzene rings is 1. The van der Waals surface area contributed by atoms with Crippen molar-refractivity contribution in [1.82, 2.24) is 10.6 Å². The van der Waals surface area contributed by atoms with Crippen LogP contribution in [0.1, 0.15) is 44.6 Å². The van der Waals surface area contributed by atoms with Crippen molar-refractivity contribution < 1.29 is 14.3 Å². The van der Waals surface area contributed by atoms with Crippen LogP contribution in [0.25, 0.3) is 6.08 Å². The Bertz CT molecular complexity index is 588. The second-order valence-corrected chi connectivity index (χ2v) is 6.02. The molecule has 2 N–H and O–H groups in total. The third-order valence-electron chi connectivity index (χ3n) is 3.64. The summed E-state index contributed by atoms with van der Waals surface area (Å²) in [5.74, 6) is 0.997. The van der Waals surface area contributed by atoms with Crippen LogP contribution in [0.15, 0.2) is 24.3 Å². The maximum absolute atomic E-state index is 11.9. The molecule has 25 heavy (non-hydrogen) atoms. The number of methoxy groups -OCH3 is 2. The molecule has 0 aliphatic carbocycles. The highest BCUT2D eigenvalue weighted by molar-refractivity contribution is 7.80. The number of rotatable bonds is 10. The Morgan fingerprint density at radius 2 is 1.84 bits per heavy atom. The molecule has 0 heterocycles. The first-order valence-electron chi connectivity index (χ1n) is 8.59. The minimum Gasteiger partial charge on any atom is -0.493 e. The van der Waals surface area contributed by atoms with Crippen LogP contribution in [0.4, 0.5) is 0 Å². The lowest BCUT2D eigenvalue weighted by atomic mass is 10.1. The average molecular weight is 365 g/mol. The summed E-state index contributed by atoms with van der Waals surface area (Å²) in [5, 5.41) is 6.05. The lowest BCUT2D eigenvalue weighted by molar-refractivity contribution is -0.115. The van der Waals surface area contributed by atoms with Gasteiger partial charge in [-0.2, -0.15) is 0 Å². The summed E-state index contributed by atoms with van der Waals surface area (Å²) in [6, 6.07) is 5.44. The Labute approximate surface area is 155 Å². The molecule has 6 heteroatoms. The highest BCUT2D eigenvalue weighted by Gasteiger charge is 2.04. The summed E-state index contributed by atoms with van der Waals surface area (Å²) in [4.78, 5) is 11.9. The van der Waals surface area contributed by atoms with Crippen LogP contribution in [0, 0.1) is 0 Å². The zero-order valence-corrected chi connectivity index (χ0v) is 16.1. The molecule has 0 aliphatic rings. The van der Waals surface area contributed by atoms with Crippen LogP contribution in [-0.4, -0.2) is 31.8 Å². The van der Waals surface area contributed by atoms with Gasteiger partial charge in [-0.25, -0.2) is 0 Å². The fourth-order valence-electron chi connectivity index (χ4n) is 2.26. The van der Waals surface area contributed by atoms with Crippen molar-refractivity contribution in [3.63, 3.8) is 0 Å². The molecule has 0 saturated carbocycles. The predicted molar refractivity (Wildman–Crippen MR) is 106 cm³/mol. The molecular weight excluding hydrogens is 336 g/mol. The number of carbonyl (C=O) groups excluding carboxylic acids is 1. The van der Waals surface area contributed by atoms with E-state index in [2.05, 4.69) is 17.6 Å². The van der Waals surface area contributed by atoms with Crippen molar-refractivity contribution in [2.45, 2.75) is 39.0 Å². The van der Waals surface area contributed by atoms with E-state index in [9.17, 15) is 4.79 Å². The third-order valence-corrected chi connectivity index (χ3v) is 3.88. The van der Waals surface area contributed by atoms with Gasteiger partial charge in [-0.05, 0) is 42.4 Å². The lowest BCUT2D eigenvalue weighted by Gasteiger charge is -2.08. The van der Waals surface area contributed by atoms with E-state index in [-0.39, 0.29) is 5.91 Å². The Hall–Kier alpha value is -2.08. The molecule has 1 aromatic rings. The summed E-state index contributed by atoms with van der Waals surface area (Å²) in [7, 11) is 3.16. The molecule has 0 bridgehead atoms. The number of unbranched alkanes of at least 4 members (excludes halogenated alkanes) is 4. The molecule has 1 amide bonds. The van der Waals surface area contributed by atoms with E-state index < -0.39 is 0 Å². The summed E-state index contributed by atoms with van der Waals surface area (Å²) in [6.45, 7) is 2.97. The number of thiocarbonyl (C=S) groups is 1. The van der Waals surface area contributed by atoms with Crippen LogP contribution in [0.5, 0.6) is 11.5 Å². The number of nitrogens with one attached hydrogen (secondary N) is 2. The van der Waals surface area contributed by atoms with E-state index in [1.165, 1.54) is 31.8 Å². The van der Waals surface area contributed by atoms with Gasteiger partial charge in [0.1, 0.15) is 0 Å². The Kier molecular flexibility index (Phi) is 10.3. The van der Waals surface area contributed by atoms with E-state index in [1.54, 1.807) is 32.4 Å². The molecule has 0 aromatic heterocycles. The zero-order valence-electron chi connectivity index (χ0n) is 15.3. The summed E-state index contributed by atoms with van der Waals surface area (Å²) < 4.78 is 10.4. The first kappa shape index (κ1) is 21.0. The Balaban J connectivity index is 2.38. The molecular formula is C19H28N2O3S. The molecule has 0 radical (unpaired) electrons. The second kappa shape index (κ2) is 12.3. The van der Waals surface area contributed by atoms with Gasteiger partial charge in [0, 0.05) is 12.6 Å². The van der Waals surface area contributed by atoms with Crippen LogP contribution in [0.3, 0.4) is 0 Å². The van der Waals surface area contributed by atoms with Gasteiger partial charge in [0.15, 0.2) is 16.6 Å². The van der Waals surface area contributed by atoms with Crippen molar-refractivity contribution in [3.8, 4) is 11.5 Å². The first-order valence-corrected chi connectivity index (χ1v) is 9.00. The number of hydrogen-bond acceptors (Lipinski definition) is 4. The Morgan fingerprint density at radius 1 is 1.12 bits per heavy atom. The third kappa shape index (κ3) is 8.54. The molecule has 5 nitrogen and oxygen atoms in total. The molecule has 138 valence electrons. The van der Waals surface area contributed by atoms with Crippen LogP contribution in [0.2, 0.25) is 0 Å². The van der Waals surface area contributed by atoms with Crippen LogP contribution >= 0.6 is 12.2 Å². The average Bonchev–Trinajstić information content (AvgIpc) is 2.62. The summed E-state index contributed by atoms with van der Waals surface area (Å²) in [5.41, 5.74) is 0.836. The number of carbonyl (C=O) groups is 1. The minimum atomic E-state index is -0.265. The standard InChI is InChI=1S/C19H28N2O3S/c1-4-5-6-7-8-13-20-19(25)21-18(22)12-10-15-9-11-16(23-2)17(14-15)24-3/h9-12,14H,4-8,13H2,1-3H3,(H2,20,21,22,25)/b12-10+. The van der Waals surface area contributed by atoms with Gasteiger partial charge in [0.05, 0.1) is 14.2 Å². The first-order chi connectivity index (χ1) is 12.1. The highest BCUT2D eigenvalue weighted by Crippen LogP contribution is 2.27. The highest BCUT2D eigenvalue weighted by atomic mass is 32.1. The molecule has 0 atom stereocenters. The molecule has 1 rings (SSSR count). The molecule has 0 unspecified atom stereocenters. The van der Waals surface area contributed by atoms with Gasteiger partial charge >= 0.3 is 0 Å². The van der Waals surface area contributed by atoms with Crippen molar-refractivity contribution in [1.29, 1.82) is 0 Å². The minimum absolute atomic E-state index is 0.265. The second-order valence-electron chi connectivity index (χ2n) is 5.61. The smallest absolute Gasteiger partial charge is 0.250 e. The van der Waals surface area contributed by atoms with E-state index in [4.69, 9.17) is 21.7 Å². The van der Waals surface area contributed by atoms with Crippen LogP contribution < -0.4 is 20.1 Å². The van der Waals surface area contributed by atoms with E-state index in [1.807, 2.05) is 6.07 Å². The largest absolute Gasteiger partial charge is 0.493 e. The molecule has 0 saturated heterocycles. The zero-order chi connectivity index (χ0) is 18.5. The van der Waals surface area contributed by atoms with Gasteiger partial charge in [0.2, 0.25) is 5.91 Å². The van der Waals surface area contributed by atoms with E-state index >= 15 is 0 Å². The van der Waals surface area contributed by atoms with E-state index in [0.29, 0.717) is 16.6 Å². The SMILES string of the molecule is CCCCCCCNC(=S)NC(=O)/C=C/c1ccc(OC)c(OC)c1. The normalized spacial score (nSPS) is 10.5. The number of amides is 1. The predicted octanol–water partition coefficient (Wildman–Crippen LogP) is 3.68. The summed E-state index contributed by atoms with van der Waals surface area (Å²) >= 11 is 5.12. The van der Waals surface area contributed by atoms with Crippen molar-refractivity contribution in [2.75, 3.05) is 20.8 Å². The molecule has 0 aliphatic heterocycles. The number of hydrogen-bond donors (Lipinski definition) is 2. The van der Waals surface area contributed by atoms with Gasteiger partial charge in [-0.15, -0.1) is 0 Å². The molecule has 0 fully saturated rings. The molecule has 1 aromatic carbocycles. The van der Waals surface area contributed by atoms with Gasteiger partial charge in [-0.1, -0.05) is 38.7 Å². The van der Waals surface area contributed by atoms with Crippen molar-refractivity contribution in [3.05, 3.63) is 29.8 Å². The van der Waals surface area contributed by atoms with Gasteiger partial charge in [-0.3, -0.25) is 10.1 Å². The fraction of sp³-hybridized carbons (Fsp3) is 0.474. The van der Waals surface area contributed by atoms with Gasteiger partial charge in [0.25, 0.3) is 0 Å². The monoisotopic (exact) mass is 364 g/mol. The van der Waals surface area contributed by atoms with Crippen LogP contribution in [-0.2, 0) is 4.79 Å².